The molecule has 2 aliphatic rings. The van der Waals surface area contributed by atoms with Crippen LogP contribution in [-0.4, -0.2) is 52.3 Å². The largest absolute Gasteiger partial charge is 0.368 e. The normalized spacial score (nSPS) is 21.9. The molecule has 2 atom stereocenters. The third kappa shape index (κ3) is 3.20. The van der Waals surface area contributed by atoms with Gasteiger partial charge in [-0.25, -0.2) is 9.66 Å². The second kappa shape index (κ2) is 7.59. The summed E-state index contributed by atoms with van der Waals surface area (Å²) in [5.41, 5.74) is 10.7. The van der Waals surface area contributed by atoms with Crippen LogP contribution in [0.2, 0.25) is 0 Å². The fourth-order valence-electron chi connectivity index (χ4n) is 4.95. The minimum atomic E-state index is -0.679. The van der Waals surface area contributed by atoms with Crippen molar-refractivity contribution < 1.29 is 4.79 Å². The van der Waals surface area contributed by atoms with Gasteiger partial charge in [0, 0.05) is 30.7 Å². The summed E-state index contributed by atoms with van der Waals surface area (Å²) in [6.45, 7) is 3.39. The molecule has 9 nitrogen and oxygen atoms in total. The van der Waals surface area contributed by atoms with Crippen LogP contribution in [0.15, 0.2) is 42.6 Å². The Balaban J connectivity index is 1.50. The van der Waals surface area contributed by atoms with Crippen molar-refractivity contribution in [2.75, 3.05) is 30.5 Å². The molecule has 166 valence electrons. The third-order valence-electron chi connectivity index (χ3n) is 6.94. The first-order valence-corrected chi connectivity index (χ1v) is 11.0. The lowest BCUT2D eigenvalue weighted by molar-refractivity contribution is -0.125. The summed E-state index contributed by atoms with van der Waals surface area (Å²) in [7, 11) is 1.78. The first-order valence-electron chi connectivity index (χ1n) is 11.0. The van der Waals surface area contributed by atoms with Crippen LogP contribution in [0.1, 0.15) is 37.1 Å². The highest BCUT2D eigenvalue weighted by Crippen LogP contribution is 2.33. The van der Waals surface area contributed by atoms with Gasteiger partial charge in [0.2, 0.25) is 5.91 Å². The van der Waals surface area contributed by atoms with Crippen molar-refractivity contribution in [1.82, 2.24) is 20.0 Å². The zero-order chi connectivity index (χ0) is 22.5. The van der Waals surface area contributed by atoms with E-state index in [4.69, 9.17) is 16.1 Å². The van der Waals surface area contributed by atoms with Gasteiger partial charge in [-0.3, -0.25) is 15.2 Å². The molecular formula is C23H28N8O. The van der Waals surface area contributed by atoms with Gasteiger partial charge in [0.1, 0.15) is 22.7 Å². The highest BCUT2D eigenvalue weighted by Gasteiger charge is 2.39. The molecule has 32 heavy (non-hydrogen) atoms. The van der Waals surface area contributed by atoms with E-state index < -0.39 is 5.54 Å². The SMILES string of the molecule is CNC1(C(N)=O)CCN(c2cc(=N)n3c(n2)C(c2cnc4ccccc4c2)C(C)N3)CC1. The van der Waals surface area contributed by atoms with Crippen molar-refractivity contribution in [1.29, 1.82) is 5.41 Å². The van der Waals surface area contributed by atoms with Gasteiger partial charge in [-0.05, 0) is 44.5 Å². The van der Waals surface area contributed by atoms with Crippen molar-refractivity contribution >= 4 is 22.6 Å². The van der Waals surface area contributed by atoms with Gasteiger partial charge in [0.05, 0.1) is 17.5 Å². The van der Waals surface area contributed by atoms with E-state index in [1.165, 1.54) is 0 Å². The number of nitrogens with one attached hydrogen (secondary N) is 3. The maximum absolute atomic E-state index is 12.0. The number of fused-ring (bicyclic) bond motifs is 2. The Morgan fingerprint density at radius 3 is 2.75 bits per heavy atom. The number of carbonyl (C=O) groups is 1. The summed E-state index contributed by atoms with van der Waals surface area (Å²) in [5.74, 6) is 1.21. The van der Waals surface area contributed by atoms with Gasteiger partial charge in [-0.2, -0.15) is 0 Å². The number of amides is 1. The average Bonchev–Trinajstić information content (AvgIpc) is 3.15. The van der Waals surface area contributed by atoms with E-state index in [9.17, 15) is 4.79 Å². The molecule has 2 aliphatic heterocycles. The van der Waals surface area contributed by atoms with E-state index in [1.807, 2.05) is 24.4 Å². The molecule has 1 aromatic carbocycles. The number of nitrogens with two attached hydrogens (primary N) is 1. The van der Waals surface area contributed by atoms with E-state index in [1.54, 1.807) is 17.8 Å². The number of aromatic nitrogens is 3. The molecule has 0 saturated carbocycles. The fraction of sp³-hybridized carbons (Fsp3) is 0.391. The smallest absolute Gasteiger partial charge is 0.237 e. The van der Waals surface area contributed by atoms with Gasteiger partial charge in [0.15, 0.2) is 0 Å². The van der Waals surface area contributed by atoms with Crippen molar-refractivity contribution in [2.45, 2.75) is 37.3 Å². The molecule has 1 saturated heterocycles. The lowest BCUT2D eigenvalue weighted by Crippen LogP contribution is -2.60. The zero-order valence-corrected chi connectivity index (χ0v) is 18.3. The molecule has 2 unspecified atom stereocenters. The summed E-state index contributed by atoms with van der Waals surface area (Å²) in [6.07, 6.45) is 3.11. The van der Waals surface area contributed by atoms with Crippen LogP contribution in [0.3, 0.4) is 0 Å². The number of nitrogens with zero attached hydrogens (tertiary/aromatic N) is 4. The van der Waals surface area contributed by atoms with Crippen molar-refractivity contribution in [3.8, 4) is 0 Å². The van der Waals surface area contributed by atoms with Crippen LogP contribution in [0.5, 0.6) is 0 Å². The van der Waals surface area contributed by atoms with Crippen LogP contribution in [0, 0.1) is 5.41 Å². The van der Waals surface area contributed by atoms with E-state index >= 15 is 0 Å². The lowest BCUT2D eigenvalue weighted by atomic mass is 9.87. The summed E-state index contributed by atoms with van der Waals surface area (Å²) in [5, 5.41) is 12.8. The second-order valence-corrected chi connectivity index (χ2v) is 8.73. The van der Waals surface area contributed by atoms with Gasteiger partial charge < -0.3 is 21.4 Å². The predicted molar refractivity (Wildman–Crippen MR) is 123 cm³/mol. The number of primary amides is 1. The summed E-state index contributed by atoms with van der Waals surface area (Å²) >= 11 is 0. The number of carbonyl (C=O) groups excluding carboxylic acids is 1. The minimum absolute atomic E-state index is 0.0250. The van der Waals surface area contributed by atoms with E-state index in [0.717, 1.165) is 28.1 Å². The maximum atomic E-state index is 12.0. The number of hydrogen-bond acceptors (Lipinski definition) is 7. The number of rotatable bonds is 4. The zero-order valence-electron chi connectivity index (χ0n) is 18.3. The standard InChI is InChI=1S/C23H28N8O/c1-14-20(16-11-15-5-3-4-6-17(15)27-13-16)21-28-19(12-18(24)31(21)29-14)30-9-7-23(26-2,8-10-30)22(25)32/h3-6,11-14,20,24,26,29H,7-10H2,1-2H3,(H2,25,32). The molecule has 0 bridgehead atoms. The fourth-order valence-corrected chi connectivity index (χ4v) is 4.95. The molecule has 5 rings (SSSR count). The molecule has 1 fully saturated rings. The topological polar surface area (TPSA) is 125 Å². The molecule has 5 N–H and O–H groups in total. The van der Waals surface area contributed by atoms with Crippen LogP contribution in [0.25, 0.3) is 10.9 Å². The lowest BCUT2D eigenvalue weighted by Gasteiger charge is -2.40. The van der Waals surface area contributed by atoms with E-state index in [0.29, 0.717) is 31.4 Å². The molecule has 0 spiro atoms. The molecule has 1 amide bonds. The summed E-state index contributed by atoms with van der Waals surface area (Å²) in [4.78, 5) is 23.7. The Labute approximate surface area is 186 Å². The van der Waals surface area contributed by atoms with Crippen LogP contribution >= 0.6 is 0 Å². The average molecular weight is 433 g/mol. The molecule has 3 aromatic rings. The van der Waals surface area contributed by atoms with Crippen LogP contribution < -0.4 is 26.9 Å². The van der Waals surface area contributed by atoms with Crippen molar-refractivity contribution in [2.24, 2.45) is 5.73 Å². The van der Waals surface area contributed by atoms with E-state index in [-0.39, 0.29) is 17.9 Å². The highest BCUT2D eigenvalue weighted by atomic mass is 16.1. The Morgan fingerprint density at radius 1 is 1.28 bits per heavy atom. The van der Waals surface area contributed by atoms with Crippen LogP contribution in [0.4, 0.5) is 5.82 Å². The quantitative estimate of drug-likeness (QED) is 0.488. The first kappa shape index (κ1) is 20.4. The third-order valence-corrected chi connectivity index (χ3v) is 6.94. The number of anilines is 1. The number of hydrogen-bond donors (Lipinski definition) is 4. The Hall–Kier alpha value is -3.46. The van der Waals surface area contributed by atoms with Crippen molar-refractivity contribution in [3.63, 3.8) is 0 Å². The molecular weight excluding hydrogens is 404 g/mol. The monoisotopic (exact) mass is 432 g/mol. The van der Waals surface area contributed by atoms with Gasteiger partial charge >= 0.3 is 0 Å². The summed E-state index contributed by atoms with van der Waals surface area (Å²) in [6, 6.07) is 12.1. The molecule has 4 heterocycles. The predicted octanol–water partition coefficient (Wildman–Crippen LogP) is 1.03. The van der Waals surface area contributed by atoms with Crippen LogP contribution in [-0.2, 0) is 4.79 Å². The Kier molecular flexibility index (Phi) is 4.85. The van der Waals surface area contributed by atoms with Gasteiger partial charge in [0.25, 0.3) is 0 Å². The van der Waals surface area contributed by atoms with Gasteiger partial charge in [-0.15, -0.1) is 0 Å². The number of benzene rings is 1. The maximum Gasteiger partial charge on any atom is 0.237 e. The Bertz CT molecular complexity index is 1240. The minimum Gasteiger partial charge on any atom is -0.368 e. The molecule has 2 aromatic heterocycles. The highest BCUT2D eigenvalue weighted by molar-refractivity contribution is 5.85. The van der Waals surface area contributed by atoms with E-state index in [2.05, 4.69) is 39.7 Å². The van der Waals surface area contributed by atoms with Crippen molar-refractivity contribution in [3.05, 3.63) is 59.5 Å². The Morgan fingerprint density at radius 2 is 2.03 bits per heavy atom. The molecule has 0 radical (unpaired) electrons. The summed E-state index contributed by atoms with van der Waals surface area (Å²) < 4.78 is 1.76. The molecule has 9 heteroatoms. The number of likely N-dealkylation sites (N-methyl/N-ethyl adjacent to an activating group) is 1. The first-order chi connectivity index (χ1) is 15.4. The number of piperidine rings is 1. The second-order valence-electron chi connectivity index (χ2n) is 8.73. The number of pyridine rings is 1. The van der Waals surface area contributed by atoms with Gasteiger partial charge in [-0.1, -0.05) is 18.2 Å². The number of para-hydroxylation sites is 1. The molecule has 0 aliphatic carbocycles.